The first-order valence-electron chi connectivity index (χ1n) is 7.18. The van der Waals surface area contributed by atoms with Crippen molar-refractivity contribution in [2.24, 2.45) is 0 Å². The summed E-state index contributed by atoms with van der Waals surface area (Å²) in [5, 5.41) is 8.87. The molecule has 0 atom stereocenters. The molecule has 0 bridgehead atoms. The van der Waals surface area contributed by atoms with E-state index in [0.717, 1.165) is 6.07 Å². The molecule has 0 unspecified atom stereocenters. The molecule has 0 N–H and O–H groups in total. The minimum atomic E-state index is -0.716. The molecule has 0 aliphatic heterocycles. The highest BCUT2D eigenvalue weighted by Gasteiger charge is 2.21. The number of hydrogen-bond acceptors (Lipinski definition) is 5. The molecule has 0 spiro atoms. The van der Waals surface area contributed by atoms with Crippen LogP contribution < -0.4 is 4.74 Å². The first-order chi connectivity index (χ1) is 11.5. The third kappa shape index (κ3) is 3.41. The van der Waals surface area contributed by atoms with Crippen molar-refractivity contribution in [1.29, 1.82) is 5.26 Å². The second-order valence-corrected chi connectivity index (χ2v) is 4.82. The fourth-order valence-electron chi connectivity index (χ4n) is 2.13. The highest BCUT2D eigenvalue weighted by Crippen LogP contribution is 2.31. The largest absolute Gasteiger partial charge is 0.462 e. The highest BCUT2D eigenvalue weighted by atomic mass is 19.1. The number of ether oxygens (including phenoxy) is 2. The van der Waals surface area contributed by atoms with E-state index >= 15 is 0 Å². The minimum Gasteiger partial charge on any atom is -0.462 e. The lowest BCUT2D eigenvalue weighted by molar-refractivity contribution is 0.0522. The average molecular weight is 326 g/mol. The third-order valence-electron chi connectivity index (χ3n) is 3.21. The Kier molecular flexibility index (Phi) is 5.27. The van der Waals surface area contributed by atoms with Crippen LogP contribution >= 0.6 is 0 Å². The van der Waals surface area contributed by atoms with Crippen LogP contribution in [0.25, 0.3) is 6.08 Å². The van der Waals surface area contributed by atoms with Gasteiger partial charge in [-0.3, -0.25) is 0 Å². The summed E-state index contributed by atoms with van der Waals surface area (Å²) in [5.41, 5.74) is 1.12. The molecule has 0 fully saturated rings. The van der Waals surface area contributed by atoms with Crippen LogP contribution in [0.2, 0.25) is 0 Å². The number of halogens is 1. The third-order valence-corrected chi connectivity index (χ3v) is 3.21. The minimum absolute atomic E-state index is 0.0671. The average Bonchev–Trinajstić information content (AvgIpc) is 2.57. The van der Waals surface area contributed by atoms with Crippen molar-refractivity contribution in [3.63, 3.8) is 0 Å². The predicted octanol–water partition coefficient (Wildman–Crippen LogP) is 4.01. The van der Waals surface area contributed by atoms with Gasteiger partial charge in [0.25, 0.3) is 0 Å². The normalized spacial score (nSPS) is 9.92. The molecule has 1 aromatic carbocycles. The van der Waals surface area contributed by atoms with E-state index in [0.29, 0.717) is 11.1 Å². The van der Waals surface area contributed by atoms with Crippen LogP contribution in [0.4, 0.5) is 4.39 Å². The van der Waals surface area contributed by atoms with E-state index < -0.39 is 11.8 Å². The van der Waals surface area contributed by atoms with Crippen LogP contribution in [0, 0.1) is 24.1 Å². The number of carbonyl (C=O) groups excluding carboxylic acids is 1. The van der Waals surface area contributed by atoms with Gasteiger partial charge in [-0.1, -0.05) is 12.7 Å². The highest BCUT2D eigenvalue weighted by molar-refractivity contribution is 5.96. The number of aromatic nitrogens is 1. The first kappa shape index (κ1) is 17.2. The van der Waals surface area contributed by atoms with E-state index in [2.05, 4.69) is 11.6 Å². The molecule has 2 aromatic rings. The summed E-state index contributed by atoms with van der Waals surface area (Å²) in [6.07, 6.45) is 2.88. The zero-order valence-electron chi connectivity index (χ0n) is 13.3. The smallest absolute Gasteiger partial charge is 0.344 e. The van der Waals surface area contributed by atoms with E-state index in [-0.39, 0.29) is 29.4 Å². The molecule has 1 heterocycles. The van der Waals surface area contributed by atoms with Gasteiger partial charge in [0.1, 0.15) is 5.56 Å². The SMILES string of the molecule is C=Cc1ccnc(Oc2c(C)cc(C#N)cc2F)c1C(=O)OCC. The lowest BCUT2D eigenvalue weighted by atomic mass is 10.1. The van der Waals surface area contributed by atoms with E-state index in [4.69, 9.17) is 14.7 Å². The monoisotopic (exact) mass is 326 g/mol. The van der Waals surface area contributed by atoms with Gasteiger partial charge in [-0.15, -0.1) is 0 Å². The summed E-state index contributed by atoms with van der Waals surface area (Å²) < 4.78 is 24.7. The summed E-state index contributed by atoms with van der Waals surface area (Å²) in [7, 11) is 0. The van der Waals surface area contributed by atoms with Crippen LogP contribution in [-0.4, -0.2) is 17.6 Å². The van der Waals surface area contributed by atoms with Crippen molar-refractivity contribution in [3.05, 3.63) is 59.0 Å². The van der Waals surface area contributed by atoms with Gasteiger partial charge >= 0.3 is 5.97 Å². The lowest BCUT2D eigenvalue weighted by Crippen LogP contribution is -2.10. The molecule has 0 saturated carbocycles. The van der Waals surface area contributed by atoms with Gasteiger partial charge < -0.3 is 9.47 Å². The van der Waals surface area contributed by atoms with Crippen LogP contribution in [0.5, 0.6) is 11.6 Å². The lowest BCUT2D eigenvalue weighted by Gasteiger charge is -2.13. The molecular weight excluding hydrogens is 311 g/mol. The van der Waals surface area contributed by atoms with Gasteiger partial charge in [-0.2, -0.15) is 5.26 Å². The Labute approximate surface area is 139 Å². The fourth-order valence-corrected chi connectivity index (χ4v) is 2.13. The molecule has 2 rings (SSSR count). The van der Waals surface area contributed by atoms with Crippen molar-refractivity contribution in [3.8, 4) is 17.7 Å². The van der Waals surface area contributed by atoms with Crippen LogP contribution in [0.3, 0.4) is 0 Å². The predicted molar refractivity (Wildman–Crippen MR) is 86.2 cm³/mol. The molecule has 1 aromatic heterocycles. The Morgan fingerprint density at radius 3 is 2.83 bits per heavy atom. The van der Waals surface area contributed by atoms with Gasteiger partial charge in [0, 0.05) is 6.20 Å². The number of carbonyl (C=O) groups is 1. The second-order valence-electron chi connectivity index (χ2n) is 4.82. The molecule has 5 nitrogen and oxygen atoms in total. The number of aryl methyl sites for hydroxylation is 1. The van der Waals surface area contributed by atoms with Crippen LogP contribution in [-0.2, 0) is 4.74 Å². The van der Waals surface area contributed by atoms with E-state index in [1.165, 1.54) is 18.3 Å². The Balaban J connectivity index is 2.53. The molecule has 24 heavy (non-hydrogen) atoms. The molecule has 0 amide bonds. The van der Waals surface area contributed by atoms with Gasteiger partial charge in [0.05, 0.1) is 18.2 Å². The summed E-state index contributed by atoms with van der Waals surface area (Å²) >= 11 is 0. The molecule has 0 aliphatic carbocycles. The first-order valence-corrected chi connectivity index (χ1v) is 7.18. The maximum Gasteiger partial charge on any atom is 0.344 e. The van der Waals surface area contributed by atoms with Gasteiger partial charge in [0.15, 0.2) is 11.6 Å². The summed E-state index contributed by atoms with van der Waals surface area (Å²) in [6.45, 7) is 7.08. The molecule has 122 valence electrons. The molecule has 6 heteroatoms. The molecule has 0 radical (unpaired) electrons. The number of esters is 1. The topological polar surface area (TPSA) is 72.2 Å². The Morgan fingerprint density at radius 1 is 1.50 bits per heavy atom. The van der Waals surface area contributed by atoms with Crippen LogP contribution in [0.15, 0.2) is 31.0 Å². The summed E-state index contributed by atoms with van der Waals surface area (Å²) in [5.74, 6) is -1.54. The van der Waals surface area contributed by atoms with E-state index in [1.807, 2.05) is 6.07 Å². The van der Waals surface area contributed by atoms with E-state index in [9.17, 15) is 9.18 Å². The zero-order valence-corrected chi connectivity index (χ0v) is 13.3. The van der Waals surface area contributed by atoms with E-state index in [1.54, 1.807) is 19.9 Å². The van der Waals surface area contributed by atoms with Crippen molar-refractivity contribution in [2.45, 2.75) is 13.8 Å². The van der Waals surface area contributed by atoms with Crippen molar-refractivity contribution >= 4 is 12.0 Å². The van der Waals surface area contributed by atoms with Crippen molar-refractivity contribution in [1.82, 2.24) is 4.98 Å². The number of pyridine rings is 1. The van der Waals surface area contributed by atoms with Crippen molar-refractivity contribution in [2.75, 3.05) is 6.61 Å². The number of benzene rings is 1. The Bertz CT molecular complexity index is 818. The number of rotatable bonds is 5. The van der Waals surface area contributed by atoms with Gasteiger partial charge in [-0.25, -0.2) is 14.2 Å². The van der Waals surface area contributed by atoms with Crippen molar-refractivity contribution < 1.29 is 18.7 Å². The van der Waals surface area contributed by atoms with Crippen LogP contribution in [0.1, 0.15) is 34.0 Å². The summed E-state index contributed by atoms with van der Waals surface area (Å²) in [6, 6.07) is 5.99. The van der Waals surface area contributed by atoms with Gasteiger partial charge in [-0.05, 0) is 43.2 Å². The van der Waals surface area contributed by atoms with Gasteiger partial charge in [0.2, 0.25) is 5.88 Å². The second kappa shape index (κ2) is 7.38. The standard InChI is InChI=1S/C18H15FN2O3/c1-4-13-6-7-21-17(15(13)18(22)23-5-2)24-16-11(3)8-12(10-20)9-14(16)19/h4,6-9H,1,5H2,2-3H3. The maximum absolute atomic E-state index is 14.2. The number of nitriles is 1. The number of hydrogen-bond donors (Lipinski definition) is 0. The fraction of sp³-hybridized carbons (Fsp3) is 0.167. The summed E-state index contributed by atoms with van der Waals surface area (Å²) in [4.78, 5) is 16.2. The quantitative estimate of drug-likeness (QED) is 0.776. The Hall–Kier alpha value is -3.20. The molecule has 0 aliphatic rings. The zero-order chi connectivity index (χ0) is 17.7. The number of nitrogens with zero attached hydrogens (tertiary/aromatic N) is 2. The Morgan fingerprint density at radius 2 is 2.25 bits per heavy atom. The molecule has 0 saturated heterocycles. The maximum atomic E-state index is 14.2. The molecular formula is C18H15FN2O3.